The molecule has 0 aliphatic heterocycles. The van der Waals surface area contributed by atoms with E-state index in [0.717, 1.165) is 6.92 Å². The third kappa shape index (κ3) is 2.09. The van der Waals surface area contributed by atoms with E-state index in [-0.39, 0.29) is 0 Å². The summed E-state index contributed by atoms with van der Waals surface area (Å²) in [7, 11) is 0. The topological polar surface area (TPSA) is 83.6 Å². The van der Waals surface area contributed by atoms with Crippen LogP contribution in [0.4, 0.5) is 4.79 Å². The summed E-state index contributed by atoms with van der Waals surface area (Å²) in [5.41, 5.74) is 4.65. The van der Waals surface area contributed by atoms with E-state index in [2.05, 4.69) is 5.73 Å². The smallest absolute Gasteiger partial charge is 0.323 e. The van der Waals surface area contributed by atoms with Gasteiger partial charge in [0, 0.05) is 6.92 Å². The highest BCUT2D eigenvalue weighted by Crippen LogP contribution is 1.84. The predicted octanol–water partition coefficient (Wildman–Crippen LogP) is -1.14. The average Bonchev–Trinajstić information content (AvgIpc) is 1.64. The number of nitrogens with zero attached hydrogens (tertiary/aromatic N) is 1. The molecule has 0 aromatic carbocycles. The highest BCUT2D eigenvalue weighted by molar-refractivity contribution is 5.92. The van der Waals surface area contributed by atoms with Gasteiger partial charge in [0.25, 0.3) is 0 Å². The van der Waals surface area contributed by atoms with Crippen LogP contribution in [-0.2, 0) is 4.79 Å². The van der Waals surface area contributed by atoms with Crippen LogP contribution in [-0.4, -0.2) is 28.7 Å². The lowest BCUT2D eigenvalue weighted by Crippen LogP contribution is -2.39. The lowest BCUT2D eigenvalue weighted by molar-refractivity contribution is -0.128. The predicted molar refractivity (Wildman–Crippen MR) is 29.2 cm³/mol. The monoisotopic (exact) mass is 132 g/mol. The average molecular weight is 132 g/mol. The number of primary amides is 1. The van der Waals surface area contributed by atoms with Crippen molar-refractivity contribution in [3.05, 3.63) is 0 Å². The van der Waals surface area contributed by atoms with Gasteiger partial charge in [0.05, 0.1) is 0 Å². The van der Waals surface area contributed by atoms with E-state index >= 15 is 0 Å². The first-order chi connectivity index (χ1) is 4.09. The number of aliphatic hydroxyl groups is 1. The summed E-state index contributed by atoms with van der Waals surface area (Å²) >= 11 is 0. The second-order valence-electron chi connectivity index (χ2n) is 1.43. The van der Waals surface area contributed by atoms with Crippen LogP contribution in [0.2, 0.25) is 0 Å². The molecule has 0 bridgehead atoms. The van der Waals surface area contributed by atoms with Gasteiger partial charge in [0.2, 0.25) is 5.91 Å². The van der Waals surface area contributed by atoms with Gasteiger partial charge in [-0.3, -0.25) is 4.79 Å². The Morgan fingerprint density at radius 2 is 2.11 bits per heavy atom. The molecule has 0 aliphatic carbocycles. The third-order valence-electron chi connectivity index (χ3n) is 0.788. The molecule has 5 heteroatoms. The fraction of sp³-hybridized carbons (Fsp3) is 0.500. The molecule has 0 saturated heterocycles. The minimum absolute atomic E-state index is 0.514. The van der Waals surface area contributed by atoms with Crippen molar-refractivity contribution in [1.29, 1.82) is 0 Å². The molecule has 9 heavy (non-hydrogen) atoms. The maximum atomic E-state index is 10.3. The van der Waals surface area contributed by atoms with E-state index in [9.17, 15) is 9.59 Å². The molecule has 3 amide bonds. The van der Waals surface area contributed by atoms with Crippen molar-refractivity contribution in [2.75, 3.05) is 6.73 Å². The van der Waals surface area contributed by atoms with E-state index in [1.54, 1.807) is 0 Å². The van der Waals surface area contributed by atoms with Crippen LogP contribution in [0.25, 0.3) is 0 Å². The first kappa shape index (κ1) is 7.90. The lowest BCUT2D eigenvalue weighted by atomic mass is 10.6. The Hall–Kier alpha value is -1.10. The van der Waals surface area contributed by atoms with Gasteiger partial charge in [0.15, 0.2) is 0 Å². The van der Waals surface area contributed by atoms with Crippen LogP contribution >= 0.6 is 0 Å². The molecule has 0 radical (unpaired) electrons. The molecule has 52 valence electrons. The molecule has 0 aliphatic rings. The van der Waals surface area contributed by atoms with Crippen molar-refractivity contribution in [2.24, 2.45) is 5.73 Å². The van der Waals surface area contributed by atoms with Gasteiger partial charge >= 0.3 is 6.03 Å². The number of nitrogens with two attached hydrogens (primary N) is 1. The Kier molecular flexibility index (Phi) is 2.66. The number of carbonyl (C=O) groups excluding carboxylic acids is 2. The molecule has 0 fully saturated rings. The summed E-state index contributed by atoms with van der Waals surface area (Å²) in [5, 5.41) is 8.27. The van der Waals surface area contributed by atoms with Gasteiger partial charge in [-0.15, -0.1) is 0 Å². The molecule has 0 rings (SSSR count). The number of aliphatic hydroxyl groups excluding tert-OH is 1. The van der Waals surface area contributed by atoms with Gasteiger partial charge < -0.3 is 10.8 Å². The third-order valence-corrected chi connectivity index (χ3v) is 0.788. The molecule has 3 N–H and O–H groups in total. The van der Waals surface area contributed by atoms with Crippen LogP contribution in [0.15, 0.2) is 0 Å². The van der Waals surface area contributed by atoms with E-state index < -0.39 is 18.7 Å². The van der Waals surface area contributed by atoms with Crippen molar-refractivity contribution in [3.63, 3.8) is 0 Å². The molecule has 0 aromatic rings. The standard InChI is InChI=1S/C4H8N2O3/c1-3(8)6(2-7)4(5)9/h7H,2H2,1H3,(H2,5,9). The summed E-state index contributed by atoms with van der Waals surface area (Å²) in [4.78, 5) is 20.9. The Labute approximate surface area is 52.1 Å². The van der Waals surface area contributed by atoms with Gasteiger partial charge in [-0.05, 0) is 0 Å². The van der Waals surface area contributed by atoms with Gasteiger partial charge in [0.1, 0.15) is 6.73 Å². The normalized spacial score (nSPS) is 8.67. The van der Waals surface area contributed by atoms with E-state index in [1.165, 1.54) is 0 Å². The van der Waals surface area contributed by atoms with Crippen LogP contribution in [0.1, 0.15) is 6.92 Å². The van der Waals surface area contributed by atoms with Gasteiger partial charge in [-0.2, -0.15) is 0 Å². The van der Waals surface area contributed by atoms with Crippen molar-refractivity contribution >= 4 is 11.9 Å². The Balaban J connectivity index is 3.99. The van der Waals surface area contributed by atoms with Crippen molar-refractivity contribution in [1.82, 2.24) is 4.90 Å². The summed E-state index contributed by atoms with van der Waals surface area (Å²) in [6.45, 7) is 0.478. The Morgan fingerprint density at radius 3 is 2.11 bits per heavy atom. The Morgan fingerprint density at radius 1 is 1.67 bits per heavy atom. The highest BCUT2D eigenvalue weighted by Gasteiger charge is 2.11. The number of urea groups is 1. The molecule has 0 heterocycles. The van der Waals surface area contributed by atoms with Gasteiger partial charge in [-0.1, -0.05) is 0 Å². The molecule has 0 spiro atoms. The largest absolute Gasteiger partial charge is 0.376 e. The zero-order valence-corrected chi connectivity index (χ0v) is 5.00. The van der Waals surface area contributed by atoms with Crippen LogP contribution in [0.3, 0.4) is 0 Å². The van der Waals surface area contributed by atoms with E-state index in [1.807, 2.05) is 0 Å². The summed E-state index contributed by atoms with van der Waals surface area (Å²) in [6.07, 6.45) is 0. The van der Waals surface area contributed by atoms with Crippen LogP contribution in [0.5, 0.6) is 0 Å². The number of carbonyl (C=O) groups is 2. The minimum Gasteiger partial charge on any atom is -0.376 e. The number of hydrogen-bond acceptors (Lipinski definition) is 3. The lowest BCUT2D eigenvalue weighted by Gasteiger charge is -2.10. The van der Waals surface area contributed by atoms with Gasteiger partial charge in [-0.25, -0.2) is 9.69 Å². The quantitative estimate of drug-likeness (QED) is 0.442. The summed E-state index contributed by atoms with van der Waals surface area (Å²) < 4.78 is 0. The first-order valence-corrected chi connectivity index (χ1v) is 2.28. The summed E-state index contributed by atoms with van der Waals surface area (Å²) in [6, 6.07) is -0.940. The second kappa shape index (κ2) is 3.03. The Bertz CT molecular complexity index is 120. The van der Waals surface area contributed by atoms with Crippen molar-refractivity contribution in [3.8, 4) is 0 Å². The zero-order chi connectivity index (χ0) is 7.44. The van der Waals surface area contributed by atoms with E-state index in [0.29, 0.717) is 4.90 Å². The number of hydrogen-bond donors (Lipinski definition) is 2. The molecule has 0 unspecified atom stereocenters. The molecule has 0 saturated carbocycles. The van der Waals surface area contributed by atoms with E-state index in [4.69, 9.17) is 5.11 Å². The number of rotatable bonds is 1. The SMILES string of the molecule is CC(=O)N(CO)C(N)=O. The molecule has 0 aromatic heterocycles. The van der Waals surface area contributed by atoms with Crippen molar-refractivity contribution < 1.29 is 14.7 Å². The van der Waals surface area contributed by atoms with Crippen LogP contribution < -0.4 is 5.73 Å². The minimum atomic E-state index is -0.940. The molecule has 5 nitrogen and oxygen atoms in total. The number of imide groups is 1. The molecular weight excluding hydrogens is 124 g/mol. The first-order valence-electron chi connectivity index (χ1n) is 2.28. The zero-order valence-electron chi connectivity index (χ0n) is 5.00. The summed E-state index contributed by atoms with van der Waals surface area (Å²) in [5.74, 6) is -0.565. The highest BCUT2D eigenvalue weighted by atomic mass is 16.3. The maximum absolute atomic E-state index is 10.3. The molecule has 0 atom stereocenters. The number of amides is 3. The second-order valence-corrected chi connectivity index (χ2v) is 1.43. The fourth-order valence-electron chi connectivity index (χ4n) is 0.324. The van der Waals surface area contributed by atoms with Crippen molar-refractivity contribution in [2.45, 2.75) is 6.92 Å². The molecular formula is C4H8N2O3. The fourth-order valence-corrected chi connectivity index (χ4v) is 0.324. The van der Waals surface area contributed by atoms with Crippen LogP contribution in [0, 0.1) is 0 Å². The maximum Gasteiger partial charge on any atom is 0.323 e.